The molecule has 72 heavy (non-hydrogen) atoms. The molecule has 418 valence electrons. The second-order valence-corrected chi connectivity index (χ2v) is 20.9. The minimum Gasteiger partial charge on any atom is -0.392 e. The van der Waals surface area contributed by atoms with Crippen molar-refractivity contribution >= 4 is 0 Å². The van der Waals surface area contributed by atoms with Gasteiger partial charge in [-0.15, -0.1) is 0 Å². The van der Waals surface area contributed by atoms with Crippen LogP contribution < -0.4 is 0 Å². The molecule has 0 rings (SSSR count). The van der Waals surface area contributed by atoms with Crippen LogP contribution in [0.4, 0.5) is 0 Å². The maximum Gasteiger partial charge on any atom is 0.0670 e. The highest BCUT2D eigenvalue weighted by Gasteiger charge is 2.19. The van der Waals surface area contributed by atoms with Crippen molar-refractivity contribution in [1.82, 2.24) is 14.7 Å². The van der Waals surface area contributed by atoms with E-state index >= 15 is 0 Å². The fourth-order valence-corrected chi connectivity index (χ4v) is 8.74. The molecule has 0 aromatic heterocycles. The number of aliphatic hydroxyl groups is 4. The number of likely N-dealkylation sites (N-methyl/N-ethyl adjacent to an activating group) is 1. The van der Waals surface area contributed by atoms with Gasteiger partial charge in [-0.3, -0.25) is 9.80 Å². The monoisotopic (exact) mass is 1010 g/mol. The highest BCUT2D eigenvalue weighted by Crippen LogP contribution is 2.12. The smallest absolute Gasteiger partial charge is 0.0670 e. The molecule has 4 unspecified atom stereocenters. The van der Waals surface area contributed by atoms with Crippen LogP contribution in [0.25, 0.3) is 0 Å². The van der Waals surface area contributed by atoms with Crippen molar-refractivity contribution in [2.24, 2.45) is 0 Å². The van der Waals surface area contributed by atoms with Crippen molar-refractivity contribution in [3.8, 4) is 0 Å². The van der Waals surface area contributed by atoms with E-state index in [2.05, 4.69) is 147 Å². The molecular formula is C65H119N3O4. The number of hydrogen-bond donors (Lipinski definition) is 4. The first-order valence-corrected chi connectivity index (χ1v) is 30.3. The van der Waals surface area contributed by atoms with Gasteiger partial charge in [-0.2, -0.15) is 0 Å². The lowest BCUT2D eigenvalue weighted by Gasteiger charge is -2.31. The van der Waals surface area contributed by atoms with E-state index in [1.165, 1.54) is 103 Å². The quantitative estimate of drug-likeness (QED) is 0.0356. The molecule has 0 aliphatic rings. The Labute approximate surface area is 447 Å². The number of nitrogens with zero attached hydrogens (tertiary/aromatic N) is 3. The number of allylic oxidation sites excluding steroid dienone is 16. The van der Waals surface area contributed by atoms with Gasteiger partial charge in [0.2, 0.25) is 0 Å². The maximum absolute atomic E-state index is 11.2. The maximum atomic E-state index is 11.2. The summed E-state index contributed by atoms with van der Waals surface area (Å²) in [6.45, 7) is 14.2. The zero-order valence-electron chi connectivity index (χ0n) is 48.0. The summed E-state index contributed by atoms with van der Waals surface area (Å²) < 4.78 is 0. The average Bonchev–Trinajstić information content (AvgIpc) is 3.36. The third-order valence-electron chi connectivity index (χ3n) is 13.5. The molecule has 0 aromatic carbocycles. The molecule has 4 N–H and O–H groups in total. The SMILES string of the molecule is CCCCCC/C=C\C/C=C\CCC(O)CN(CCN(C)CCN(CC(O)CC/C=C\C/C=C\CCCCCC)CC(O)CC/C=C\C/C=C\CCCCCC)CC(O)CC/C=C\C/C=C\CCCCCC. The average molecular weight is 1010 g/mol. The van der Waals surface area contributed by atoms with E-state index in [1.54, 1.807) is 0 Å². The molecule has 0 heterocycles. The van der Waals surface area contributed by atoms with Gasteiger partial charge >= 0.3 is 0 Å². The van der Waals surface area contributed by atoms with E-state index in [0.717, 1.165) is 103 Å². The summed E-state index contributed by atoms with van der Waals surface area (Å²) in [6, 6.07) is 0. The highest BCUT2D eigenvalue weighted by molar-refractivity contribution is 4.96. The fourth-order valence-electron chi connectivity index (χ4n) is 8.74. The summed E-state index contributed by atoms with van der Waals surface area (Å²) in [5.74, 6) is 0. The molecule has 7 nitrogen and oxygen atoms in total. The second kappa shape index (κ2) is 56.4. The van der Waals surface area contributed by atoms with Gasteiger partial charge in [0, 0.05) is 52.4 Å². The van der Waals surface area contributed by atoms with Gasteiger partial charge in [-0.1, -0.05) is 202 Å². The summed E-state index contributed by atoms with van der Waals surface area (Å²) in [4.78, 5) is 6.82. The van der Waals surface area contributed by atoms with Gasteiger partial charge in [0.05, 0.1) is 24.4 Å². The Morgan fingerprint density at radius 3 is 0.722 bits per heavy atom. The number of rotatable bonds is 54. The van der Waals surface area contributed by atoms with Crippen LogP contribution in [0, 0.1) is 0 Å². The van der Waals surface area contributed by atoms with Crippen LogP contribution >= 0.6 is 0 Å². The van der Waals surface area contributed by atoms with E-state index in [9.17, 15) is 20.4 Å². The fraction of sp³-hybridized carbons (Fsp3) is 0.754. The first-order valence-electron chi connectivity index (χ1n) is 30.3. The molecule has 0 radical (unpaired) electrons. The lowest BCUT2D eigenvalue weighted by Crippen LogP contribution is -2.44. The number of unbranched alkanes of at least 4 members (excludes halogenated alkanes) is 16. The minimum absolute atomic E-state index is 0.466. The summed E-state index contributed by atoms with van der Waals surface area (Å²) in [5.41, 5.74) is 0. The molecule has 0 aliphatic carbocycles. The Kier molecular flexibility index (Phi) is 54.5. The zero-order valence-corrected chi connectivity index (χ0v) is 48.0. The van der Waals surface area contributed by atoms with Crippen LogP contribution in [0.5, 0.6) is 0 Å². The molecule has 0 aromatic rings. The predicted octanol–water partition coefficient (Wildman–Crippen LogP) is 16.0. The first kappa shape index (κ1) is 69.6. The number of aliphatic hydroxyl groups excluding tert-OH is 4. The normalized spacial score (nSPS) is 14.7. The van der Waals surface area contributed by atoms with Crippen LogP contribution in [0.1, 0.15) is 233 Å². The highest BCUT2D eigenvalue weighted by atomic mass is 16.3. The lowest BCUT2D eigenvalue weighted by atomic mass is 10.1. The van der Waals surface area contributed by atoms with Gasteiger partial charge in [0.25, 0.3) is 0 Å². The first-order chi connectivity index (χ1) is 35.2. The Bertz CT molecular complexity index is 1160. The summed E-state index contributed by atoms with van der Waals surface area (Å²) in [5, 5.41) is 44.8. The third-order valence-corrected chi connectivity index (χ3v) is 13.5. The lowest BCUT2D eigenvalue weighted by molar-refractivity contribution is 0.0517. The van der Waals surface area contributed by atoms with Crippen molar-refractivity contribution < 1.29 is 20.4 Å². The van der Waals surface area contributed by atoms with Crippen LogP contribution in [-0.2, 0) is 0 Å². The van der Waals surface area contributed by atoms with Gasteiger partial charge in [0.1, 0.15) is 0 Å². The predicted molar refractivity (Wildman–Crippen MR) is 318 cm³/mol. The zero-order chi connectivity index (χ0) is 52.6. The van der Waals surface area contributed by atoms with Gasteiger partial charge in [-0.25, -0.2) is 0 Å². The van der Waals surface area contributed by atoms with E-state index in [1.807, 2.05) is 0 Å². The molecule has 0 saturated carbocycles. The summed E-state index contributed by atoms with van der Waals surface area (Å²) in [6.07, 6.45) is 69.3. The second-order valence-electron chi connectivity index (χ2n) is 20.9. The Hall–Kier alpha value is -2.36. The standard InChI is InChI=1S/C65H119N3O4/c1-6-10-14-18-22-26-30-34-38-42-46-50-62(69)58-67(59-63(70)51-47-43-39-35-31-27-23-19-15-11-7-2)56-54-66(5)55-57-68(60-64(71)52-48-44-40-36-32-28-24-20-16-12-8-3)61-65(72)53-49-45-41-37-33-29-25-21-17-13-9-4/h26-33,38-45,62-65,69-72H,6-25,34-37,46-61H2,1-5H3/b30-26-,31-27-,32-28-,33-29-,42-38-,43-39-,44-40-,45-41-. The van der Waals surface area contributed by atoms with Crippen LogP contribution in [0.15, 0.2) is 97.2 Å². The van der Waals surface area contributed by atoms with Crippen molar-refractivity contribution in [1.29, 1.82) is 0 Å². The largest absolute Gasteiger partial charge is 0.392 e. The molecule has 7 heteroatoms. The Balaban J connectivity index is 5.45. The minimum atomic E-state index is -0.466. The summed E-state index contributed by atoms with van der Waals surface area (Å²) >= 11 is 0. The molecule has 0 fully saturated rings. The molecule has 0 amide bonds. The van der Waals surface area contributed by atoms with Crippen molar-refractivity contribution in [3.05, 3.63) is 97.2 Å². The Morgan fingerprint density at radius 1 is 0.278 bits per heavy atom. The van der Waals surface area contributed by atoms with Gasteiger partial charge < -0.3 is 25.3 Å². The molecule has 0 spiro atoms. The van der Waals surface area contributed by atoms with Crippen LogP contribution in [0.2, 0.25) is 0 Å². The van der Waals surface area contributed by atoms with Crippen molar-refractivity contribution in [2.45, 2.75) is 258 Å². The summed E-state index contributed by atoms with van der Waals surface area (Å²) in [7, 11) is 2.14. The molecule has 0 bridgehead atoms. The van der Waals surface area contributed by atoms with Crippen LogP contribution in [0.3, 0.4) is 0 Å². The van der Waals surface area contributed by atoms with E-state index < -0.39 is 24.4 Å². The van der Waals surface area contributed by atoms with Gasteiger partial charge in [0.15, 0.2) is 0 Å². The van der Waals surface area contributed by atoms with E-state index in [-0.39, 0.29) is 0 Å². The molecule has 0 aliphatic heterocycles. The van der Waals surface area contributed by atoms with E-state index in [0.29, 0.717) is 51.9 Å². The molecular weight excluding hydrogens is 887 g/mol. The van der Waals surface area contributed by atoms with Crippen molar-refractivity contribution in [3.63, 3.8) is 0 Å². The third kappa shape index (κ3) is 52.5. The van der Waals surface area contributed by atoms with Crippen LogP contribution in [-0.4, -0.2) is 119 Å². The van der Waals surface area contributed by atoms with Crippen molar-refractivity contribution in [2.75, 3.05) is 59.4 Å². The Morgan fingerprint density at radius 2 is 0.500 bits per heavy atom. The van der Waals surface area contributed by atoms with Gasteiger partial charge in [-0.05, 0) is 135 Å². The number of hydrogen-bond acceptors (Lipinski definition) is 7. The topological polar surface area (TPSA) is 90.6 Å². The molecule has 4 atom stereocenters. The van der Waals surface area contributed by atoms with E-state index in [4.69, 9.17) is 0 Å². The molecule has 0 saturated heterocycles.